The van der Waals surface area contributed by atoms with E-state index in [0.717, 1.165) is 47.6 Å². The van der Waals surface area contributed by atoms with Gasteiger partial charge in [0.15, 0.2) is 11.5 Å². The maximum Gasteiger partial charge on any atom is 0.163 e. The number of fused-ring (bicyclic) bond motifs is 1. The van der Waals surface area contributed by atoms with Gasteiger partial charge in [-0.2, -0.15) is 0 Å². The number of hydrogen-bond acceptors (Lipinski definition) is 4. The van der Waals surface area contributed by atoms with Crippen LogP contribution >= 0.6 is 0 Å². The first-order valence-corrected chi connectivity index (χ1v) is 8.10. The summed E-state index contributed by atoms with van der Waals surface area (Å²) in [5.74, 6) is 3.04. The molecule has 0 saturated carbocycles. The summed E-state index contributed by atoms with van der Waals surface area (Å²) in [6.45, 7) is 2.90. The van der Waals surface area contributed by atoms with Crippen molar-refractivity contribution in [3.05, 3.63) is 36.4 Å². The summed E-state index contributed by atoms with van der Waals surface area (Å²) in [7, 11) is 3.24. The van der Waals surface area contributed by atoms with E-state index in [1.165, 1.54) is 0 Å². The van der Waals surface area contributed by atoms with E-state index in [0.29, 0.717) is 11.5 Å². The van der Waals surface area contributed by atoms with E-state index in [1.54, 1.807) is 14.2 Å². The highest BCUT2D eigenvalue weighted by Crippen LogP contribution is 2.32. The smallest absolute Gasteiger partial charge is 0.163 e. The number of hydrogen-bond donors (Lipinski definition) is 1. The summed E-state index contributed by atoms with van der Waals surface area (Å²) in [4.78, 5) is 7.96. The number of aromatic nitrogens is 2. The molecule has 0 aliphatic carbocycles. The maximum atomic E-state index is 5.69. The Balaban J connectivity index is 1.86. The molecule has 0 aliphatic heterocycles. The molecule has 0 spiro atoms. The van der Waals surface area contributed by atoms with Crippen LogP contribution in [0, 0.1) is 0 Å². The summed E-state index contributed by atoms with van der Waals surface area (Å²) in [6, 6.07) is 11.7. The van der Waals surface area contributed by atoms with Crippen LogP contribution in [0.25, 0.3) is 22.4 Å². The van der Waals surface area contributed by atoms with Gasteiger partial charge in [0.05, 0.1) is 31.9 Å². The lowest BCUT2D eigenvalue weighted by molar-refractivity contribution is 0.309. The zero-order valence-electron chi connectivity index (χ0n) is 14.3. The zero-order chi connectivity index (χ0) is 16.9. The van der Waals surface area contributed by atoms with Crippen LogP contribution in [0.15, 0.2) is 36.4 Å². The lowest BCUT2D eigenvalue weighted by Gasteiger charge is -2.06. The van der Waals surface area contributed by atoms with Crippen molar-refractivity contribution in [1.29, 1.82) is 0 Å². The summed E-state index contributed by atoms with van der Waals surface area (Å²) >= 11 is 0. The van der Waals surface area contributed by atoms with Crippen LogP contribution < -0.4 is 14.2 Å². The minimum Gasteiger partial charge on any atom is -0.494 e. The van der Waals surface area contributed by atoms with Gasteiger partial charge >= 0.3 is 0 Å². The molecule has 3 aromatic rings. The fourth-order valence-corrected chi connectivity index (χ4v) is 2.52. The topological polar surface area (TPSA) is 56.4 Å². The number of rotatable bonds is 7. The van der Waals surface area contributed by atoms with Crippen LogP contribution in [0.3, 0.4) is 0 Å². The average Bonchev–Trinajstić information content (AvgIpc) is 3.04. The minimum absolute atomic E-state index is 0.669. The lowest BCUT2D eigenvalue weighted by Crippen LogP contribution is -1.96. The van der Waals surface area contributed by atoms with Gasteiger partial charge < -0.3 is 19.2 Å². The van der Waals surface area contributed by atoms with Crippen LogP contribution in [0.4, 0.5) is 0 Å². The molecule has 5 heteroatoms. The Bertz CT molecular complexity index is 768. The van der Waals surface area contributed by atoms with Crippen molar-refractivity contribution in [2.75, 3.05) is 20.8 Å². The van der Waals surface area contributed by atoms with E-state index in [4.69, 9.17) is 14.2 Å². The summed E-state index contributed by atoms with van der Waals surface area (Å²) < 4.78 is 16.4. The highest BCUT2D eigenvalue weighted by molar-refractivity contribution is 5.83. The summed E-state index contributed by atoms with van der Waals surface area (Å²) in [5, 5.41) is 0. The van der Waals surface area contributed by atoms with Crippen LogP contribution in [0.2, 0.25) is 0 Å². The second-order valence-electron chi connectivity index (χ2n) is 5.54. The van der Waals surface area contributed by atoms with Gasteiger partial charge in [0.25, 0.3) is 0 Å². The van der Waals surface area contributed by atoms with Crippen molar-refractivity contribution in [2.45, 2.75) is 19.8 Å². The number of unbranched alkanes of at least 4 members (excludes halogenated alkanes) is 1. The third-order valence-electron chi connectivity index (χ3n) is 3.88. The van der Waals surface area contributed by atoms with E-state index in [-0.39, 0.29) is 0 Å². The van der Waals surface area contributed by atoms with Gasteiger partial charge in [-0.25, -0.2) is 4.98 Å². The number of imidazole rings is 1. The van der Waals surface area contributed by atoms with Crippen LogP contribution in [0.1, 0.15) is 19.8 Å². The number of H-pyrrole nitrogens is 1. The molecule has 24 heavy (non-hydrogen) atoms. The van der Waals surface area contributed by atoms with Crippen molar-refractivity contribution in [2.24, 2.45) is 0 Å². The molecule has 1 heterocycles. The fourth-order valence-electron chi connectivity index (χ4n) is 2.52. The average molecular weight is 326 g/mol. The van der Waals surface area contributed by atoms with Gasteiger partial charge in [0.2, 0.25) is 0 Å². The molecule has 1 aromatic heterocycles. The normalized spacial score (nSPS) is 10.8. The molecule has 0 radical (unpaired) electrons. The lowest BCUT2D eigenvalue weighted by atomic mass is 10.2. The van der Waals surface area contributed by atoms with Gasteiger partial charge in [0, 0.05) is 17.7 Å². The highest BCUT2D eigenvalue weighted by Gasteiger charge is 2.11. The standard InChI is InChI=1S/C19H22N2O3/c1-4-5-10-24-14-8-6-13(7-9-14)19-20-15-11-17(22-2)18(23-3)12-16(15)21-19/h6-9,11-12H,4-5,10H2,1-3H3,(H,20,21). The Labute approximate surface area is 141 Å². The predicted molar refractivity (Wildman–Crippen MR) is 95.0 cm³/mol. The molecule has 126 valence electrons. The minimum atomic E-state index is 0.669. The number of benzene rings is 2. The molecule has 0 saturated heterocycles. The highest BCUT2D eigenvalue weighted by atomic mass is 16.5. The number of ether oxygens (including phenoxy) is 3. The van der Waals surface area contributed by atoms with E-state index in [2.05, 4.69) is 16.9 Å². The van der Waals surface area contributed by atoms with Crippen LogP contribution in [-0.2, 0) is 0 Å². The number of methoxy groups -OCH3 is 2. The third-order valence-corrected chi connectivity index (χ3v) is 3.88. The second kappa shape index (κ2) is 7.25. The first-order valence-electron chi connectivity index (χ1n) is 8.10. The Kier molecular flexibility index (Phi) is 4.89. The molecule has 0 bridgehead atoms. The molecule has 3 rings (SSSR count). The molecule has 0 fully saturated rings. The molecular weight excluding hydrogens is 304 g/mol. The van der Waals surface area contributed by atoms with Crippen LogP contribution in [-0.4, -0.2) is 30.8 Å². The Morgan fingerprint density at radius 3 is 2.38 bits per heavy atom. The van der Waals surface area contributed by atoms with Gasteiger partial charge in [-0.3, -0.25) is 0 Å². The Morgan fingerprint density at radius 2 is 1.71 bits per heavy atom. The first kappa shape index (κ1) is 16.2. The van der Waals surface area contributed by atoms with Crippen LogP contribution in [0.5, 0.6) is 17.2 Å². The second-order valence-corrected chi connectivity index (χ2v) is 5.54. The van der Waals surface area contributed by atoms with Gasteiger partial charge in [-0.05, 0) is 30.7 Å². The largest absolute Gasteiger partial charge is 0.494 e. The zero-order valence-corrected chi connectivity index (χ0v) is 14.3. The number of nitrogens with zero attached hydrogens (tertiary/aromatic N) is 1. The van der Waals surface area contributed by atoms with Crippen molar-refractivity contribution in [3.63, 3.8) is 0 Å². The van der Waals surface area contributed by atoms with E-state index in [9.17, 15) is 0 Å². The number of aromatic amines is 1. The number of nitrogens with one attached hydrogen (secondary N) is 1. The van der Waals surface area contributed by atoms with Gasteiger partial charge in [0.1, 0.15) is 11.6 Å². The molecular formula is C19H22N2O3. The van der Waals surface area contributed by atoms with E-state index >= 15 is 0 Å². The fraction of sp³-hybridized carbons (Fsp3) is 0.316. The molecule has 1 N–H and O–H groups in total. The SMILES string of the molecule is CCCCOc1ccc(-c2nc3cc(OC)c(OC)cc3[nH]2)cc1. The van der Waals surface area contributed by atoms with Crippen molar-refractivity contribution in [1.82, 2.24) is 9.97 Å². The molecule has 5 nitrogen and oxygen atoms in total. The Hall–Kier alpha value is -2.69. The molecule has 0 unspecified atom stereocenters. The van der Waals surface area contributed by atoms with E-state index in [1.807, 2.05) is 36.4 Å². The molecule has 0 amide bonds. The van der Waals surface area contributed by atoms with Crippen molar-refractivity contribution < 1.29 is 14.2 Å². The van der Waals surface area contributed by atoms with Crippen molar-refractivity contribution >= 4 is 11.0 Å². The molecule has 2 aromatic carbocycles. The summed E-state index contributed by atoms with van der Waals surface area (Å²) in [6.07, 6.45) is 2.19. The Morgan fingerprint density at radius 1 is 1.00 bits per heavy atom. The molecule has 0 atom stereocenters. The van der Waals surface area contributed by atoms with E-state index < -0.39 is 0 Å². The first-order chi connectivity index (χ1) is 11.7. The quantitative estimate of drug-likeness (QED) is 0.653. The molecule has 0 aliphatic rings. The maximum absolute atomic E-state index is 5.69. The van der Waals surface area contributed by atoms with Gasteiger partial charge in [-0.1, -0.05) is 13.3 Å². The monoisotopic (exact) mass is 326 g/mol. The summed E-state index contributed by atoms with van der Waals surface area (Å²) in [5.41, 5.74) is 2.75. The third kappa shape index (κ3) is 3.30. The van der Waals surface area contributed by atoms with Gasteiger partial charge in [-0.15, -0.1) is 0 Å². The predicted octanol–water partition coefficient (Wildman–Crippen LogP) is 4.43. The van der Waals surface area contributed by atoms with Crippen molar-refractivity contribution in [3.8, 4) is 28.6 Å².